The molecule has 1 aromatic rings. The van der Waals surface area contributed by atoms with Crippen molar-refractivity contribution in [2.75, 3.05) is 46.4 Å². The van der Waals surface area contributed by atoms with Crippen molar-refractivity contribution in [3.8, 4) is 0 Å². The van der Waals surface area contributed by atoms with Crippen molar-refractivity contribution in [3.05, 3.63) is 22.4 Å². The van der Waals surface area contributed by atoms with E-state index >= 15 is 0 Å². The van der Waals surface area contributed by atoms with E-state index in [2.05, 4.69) is 5.32 Å². The first-order valence-electron chi connectivity index (χ1n) is 8.53. The zero-order valence-electron chi connectivity index (χ0n) is 14.5. The van der Waals surface area contributed by atoms with Crippen molar-refractivity contribution in [2.24, 2.45) is 0 Å². The smallest absolute Gasteiger partial charge is 0.254 e. The van der Waals surface area contributed by atoms with Crippen LogP contribution >= 0.6 is 23.7 Å². The van der Waals surface area contributed by atoms with Crippen LogP contribution < -0.4 is 5.32 Å². The summed E-state index contributed by atoms with van der Waals surface area (Å²) in [5.41, 5.74) is 0.0455. The Bertz CT molecular complexity index is 576. The third-order valence-electron chi connectivity index (χ3n) is 5.03. The van der Waals surface area contributed by atoms with Crippen molar-refractivity contribution in [1.29, 1.82) is 0 Å². The number of halogens is 1. The Morgan fingerprint density at radius 3 is 2.48 bits per heavy atom. The monoisotopic (exact) mass is 387 g/mol. The Kier molecular flexibility index (Phi) is 7.25. The Labute approximate surface area is 158 Å². The number of rotatable bonds is 3. The van der Waals surface area contributed by atoms with Gasteiger partial charge in [0.15, 0.2) is 0 Å². The number of carbonyl (C=O) groups is 2. The Morgan fingerprint density at radius 1 is 1.16 bits per heavy atom. The first-order chi connectivity index (χ1) is 11.7. The van der Waals surface area contributed by atoms with E-state index in [1.54, 1.807) is 7.11 Å². The van der Waals surface area contributed by atoms with E-state index in [0.717, 1.165) is 25.1 Å². The van der Waals surface area contributed by atoms with Gasteiger partial charge in [-0.05, 0) is 43.8 Å². The van der Waals surface area contributed by atoms with Crippen LogP contribution in [0, 0.1) is 0 Å². The molecule has 0 unspecified atom stereocenters. The normalized spacial score (nSPS) is 20.5. The number of thiophene rings is 1. The van der Waals surface area contributed by atoms with Gasteiger partial charge in [-0.2, -0.15) is 11.3 Å². The van der Waals surface area contributed by atoms with Crippen molar-refractivity contribution in [2.45, 2.75) is 24.9 Å². The summed E-state index contributed by atoms with van der Waals surface area (Å²) in [6, 6.07) is 1.86. The fraction of sp³-hybridized carbons (Fsp3) is 0.647. The lowest BCUT2D eigenvalue weighted by Gasteiger charge is -2.38. The Morgan fingerprint density at radius 2 is 1.84 bits per heavy atom. The van der Waals surface area contributed by atoms with Crippen LogP contribution in [0.15, 0.2) is 16.8 Å². The van der Waals surface area contributed by atoms with Gasteiger partial charge in [-0.25, -0.2) is 0 Å². The molecule has 2 aliphatic heterocycles. The second-order valence-corrected chi connectivity index (χ2v) is 7.18. The number of nitrogens with zero attached hydrogens (tertiary/aromatic N) is 2. The van der Waals surface area contributed by atoms with Crippen LogP contribution in [0.1, 0.15) is 29.6 Å². The molecule has 0 aromatic carbocycles. The molecule has 2 fully saturated rings. The fourth-order valence-electron chi connectivity index (χ4n) is 3.52. The lowest BCUT2D eigenvalue weighted by molar-refractivity contribution is -0.158. The van der Waals surface area contributed by atoms with Crippen molar-refractivity contribution in [3.63, 3.8) is 0 Å². The van der Waals surface area contributed by atoms with Gasteiger partial charge in [0.05, 0.1) is 5.56 Å². The van der Waals surface area contributed by atoms with Gasteiger partial charge in [0.2, 0.25) is 0 Å². The highest BCUT2D eigenvalue weighted by Gasteiger charge is 2.42. The Hall–Kier alpha value is -1.15. The molecule has 25 heavy (non-hydrogen) atoms. The predicted octanol–water partition coefficient (Wildman–Crippen LogP) is 1.61. The predicted molar refractivity (Wildman–Crippen MR) is 101 cm³/mol. The number of amides is 2. The molecule has 2 amide bonds. The van der Waals surface area contributed by atoms with E-state index in [1.165, 1.54) is 11.3 Å². The van der Waals surface area contributed by atoms with E-state index in [0.29, 0.717) is 39.0 Å². The molecule has 3 rings (SSSR count). The lowest BCUT2D eigenvalue weighted by atomic mass is 9.90. The summed E-state index contributed by atoms with van der Waals surface area (Å²) in [5, 5.41) is 7.08. The molecule has 6 nitrogen and oxygen atoms in total. The molecule has 1 N–H and O–H groups in total. The maximum Gasteiger partial charge on any atom is 0.254 e. The molecule has 2 aliphatic rings. The number of hydrogen-bond donors (Lipinski definition) is 1. The van der Waals surface area contributed by atoms with Crippen LogP contribution in [0.4, 0.5) is 0 Å². The summed E-state index contributed by atoms with van der Waals surface area (Å²) >= 11 is 1.53. The van der Waals surface area contributed by atoms with Crippen LogP contribution in [0.3, 0.4) is 0 Å². The summed E-state index contributed by atoms with van der Waals surface area (Å²) < 4.78 is 5.66. The van der Waals surface area contributed by atoms with E-state index in [1.807, 2.05) is 26.6 Å². The van der Waals surface area contributed by atoms with Crippen LogP contribution in [-0.2, 0) is 9.53 Å². The Balaban J connectivity index is 0.00000225. The van der Waals surface area contributed by atoms with Crippen LogP contribution in [0.5, 0.6) is 0 Å². The maximum atomic E-state index is 13.0. The topological polar surface area (TPSA) is 61.9 Å². The largest absolute Gasteiger partial charge is 0.368 e. The summed E-state index contributed by atoms with van der Waals surface area (Å²) in [6.45, 7) is 4.14. The van der Waals surface area contributed by atoms with Crippen molar-refractivity contribution >= 4 is 35.6 Å². The number of ether oxygens (including phenoxy) is 1. The van der Waals surface area contributed by atoms with Gasteiger partial charge < -0.3 is 19.9 Å². The molecule has 1 aromatic heterocycles. The zero-order valence-corrected chi connectivity index (χ0v) is 16.2. The maximum absolute atomic E-state index is 13.0. The highest BCUT2D eigenvalue weighted by molar-refractivity contribution is 7.08. The summed E-state index contributed by atoms with van der Waals surface area (Å²) in [4.78, 5) is 29.3. The molecule has 0 radical (unpaired) electrons. The van der Waals surface area contributed by atoms with Gasteiger partial charge in [0.25, 0.3) is 11.8 Å². The van der Waals surface area contributed by atoms with E-state index < -0.39 is 5.60 Å². The number of methoxy groups -OCH3 is 1. The molecule has 2 saturated heterocycles. The van der Waals surface area contributed by atoms with E-state index in [4.69, 9.17) is 4.74 Å². The number of carbonyl (C=O) groups excluding carboxylic acids is 2. The third kappa shape index (κ3) is 4.34. The van der Waals surface area contributed by atoms with Gasteiger partial charge in [0.1, 0.15) is 5.60 Å². The molecule has 0 spiro atoms. The minimum atomic E-state index is -0.697. The average molecular weight is 388 g/mol. The number of nitrogens with one attached hydrogen (secondary N) is 1. The van der Waals surface area contributed by atoms with Crippen molar-refractivity contribution < 1.29 is 14.3 Å². The zero-order chi connectivity index (χ0) is 17.0. The molecule has 0 saturated carbocycles. The highest BCUT2D eigenvalue weighted by Crippen LogP contribution is 2.26. The molecular weight excluding hydrogens is 362 g/mol. The number of hydrogen-bond acceptors (Lipinski definition) is 5. The summed E-state index contributed by atoms with van der Waals surface area (Å²) in [7, 11) is 1.63. The van der Waals surface area contributed by atoms with Gasteiger partial charge in [-0.3, -0.25) is 9.59 Å². The molecule has 0 atom stereocenters. The SMILES string of the molecule is COC1(C(=O)N2CCCN(C(=O)c3ccsc3)CC2)CCNCC1.Cl. The van der Waals surface area contributed by atoms with Crippen LogP contribution in [0.2, 0.25) is 0 Å². The van der Waals surface area contributed by atoms with Gasteiger partial charge >= 0.3 is 0 Å². The molecule has 0 aliphatic carbocycles. The minimum absolute atomic E-state index is 0. The average Bonchev–Trinajstić information content (AvgIpc) is 3.06. The first-order valence-corrected chi connectivity index (χ1v) is 9.47. The van der Waals surface area contributed by atoms with E-state index in [9.17, 15) is 9.59 Å². The molecule has 140 valence electrons. The molecule has 0 bridgehead atoms. The van der Waals surface area contributed by atoms with Crippen LogP contribution in [-0.4, -0.2) is 73.6 Å². The van der Waals surface area contributed by atoms with E-state index in [-0.39, 0.29) is 24.2 Å². The van der Waals surface area contributed by atoms with Crippen LogP contribution in [0.25, 0.3) is 0 Å². The standard InChI is InChI=1S/C17H25N3O3S.ClH/c1-23-17(4-6-18-7-5-17)16(22)20-9-2-8-19(10-11-20)15(21)14-3-12-24-13-14;/h3,12-13,18H,2,4-11H2,1H3;1H. The quantitative estimate of drug-likeness (QED) is 0.856. The molecule has 3 heterocycles. The fourth-order valence-corrected chi connectivity index (χ4v) is 4.15. The van der Waals surface area contributed by atoms with Gasteiger partial charge in [-0.15, -0.1) is 12.4 Å². The minimum Gasteiger partial charge on any atom is -0.368 e. The first kappa shape index (κ1) is 20.2. The molecular formula is C17H26ClN3O3S. The third-order valence-corrected chi connectivity index (χ3v) is 5.71. The van der Waals surface area contributed by atoms with Gasteiger partial charge in [0, 0.05) is 38.7 Å². The van der Waals surface area contributed by atoms with Crippen molar-refractivity contribution in [1.82, 2.24) is 15.1 Å². The summed E-state index contributed by atoms with van der Waals surface area (Å²) in [6.07, 6.45) is 2.21. The number of piperidine rings is 1. The van der Waals surface area contributed by atoms with Gasteiger partial charge in [-0.1, -0.05) is 0 Å². The molecule has 8 heteroatoms. The summed E-state index contributed by atoms with van der Waals surface area (Å²) in [5.74, 6) is 0.144. The second kappa shape index (κ2) is 8.98. The second-order valence-electron chi connectivity index (χ2n) is 6.40. The highest BCUT2D eigenvalue weighted by atomic mass is 35.5. The lowest BCUT2D eigenvalue weighted by Crippen LogP contribution is -2.56.